The van der Waals surface area contributed by atoms with E-state index in [1.165, 1.54) is 24.3 Å². The van der Waals surface area contributed by atoms with Gasteiger partial charge in [-0.25, -0.2) is 17.2 Å². The molecule has 0 aliphatic rings. The van der Waals surface area contributed by atoms with E-state index in [4.69, 9.17) is 5.26 Å². The van der Waals surface area contributed by atoms with Gasteiger partial charge in [-0.3, -0.25) is 0 Å². The first-order valence-corrected chi connectivity index (χ1v) is 8.20. The molecular weight excluding hydrogens is 376 g/mol. The second-order valence-corrected chi connectivity index (χ2v) is 7.08. The van der Waals surface area contributed by atoms with E-state index in [1.807, 2.05) is 0 Å². The zero-order chi connectivity index (χ0) is 16.3. The first kappa shape index (κ1) is 16.3. The highest BCUT2D eigenvalue weighted by atomic mass is 79.9. The molecule has 0 aliphatic heterocycles. The van der Waals surface area contributed by atoms with Crippen LogP contribution in [0, 0.1) is 23.0 Å². The van der Waals surface area contributed by atoms with Crippen molar-refractivity contribution < 1.29 is 17.2 Å². The van der Waals surface area contributed by atoms with Crippen LogP contribution in [0.25, 0.3) is 6.08 Å². The quantitative estimate of drug-likeness (QED) is 0.750. The SMILES string of the molecule is N#CC(=Cc1ccc(F)cc1F)S(=O)(=O)c1ccc(Br)cc1. The van der Waals surface area contributed by atoms with Crippen molar-refractivity contribution in [1.82, 2.24) is 0 Å². The van der Waals surface area contributed by atoms with E-state index in [9.17, 15) is 17.2 Å². The highest BCUT2D eigenvalue weighted by Gasteiger charge is 2.21. The first-order chi connectivity index (χ1) is 10.3. The zero-order valence-electron chi connectivity index (χ0n) is 10.9. The van der Waals surface area contributed by atoms with Gasteiger partial charge < -0.3 is 0 Å². The minimum absolute atomic E-state index is 0.0916. The number of halogens is 3. The Hall–Kier alpha value is -2.04. The summed E-state index contributed by atoms with van der Waals surface area (Å²) in [5, 5.41) is 9.08. The molecule has 2 aromatic rings. The lowest BCUT2D eigenvalue weighted by molar-refractivity contribution is 0.581. The Balaban J connectivity index is 2.53. The Morgan fingerprint density at radius 1 is 1.14 bits per heavy atom. The van der Waals surface area contributed by atoms with Crippen molar-refractivity contribution in [3.05, 3.63) is 69.0 Å². The fraction of sp³-hybridized carbons (Fsp3) is 0. The summed E-state index contributed by atoms with van der Waals surface area (Å²) >= 11 is 3.18. The van der Waals surface area contributed by atoms with Crippen molar-refractivity contribution in [3.63, 3.8) is 0 Å². The molecule has 3 nitrogen and oxygen atoms in total. The summed E-state index contributed by atoms with van der Waals surface area (Å²) in [6.07, 6.45) is 0.881. The fourth-order valence-electron chi connectivity index (χ4n) is 1.67. The van der Waals surface area contributed by atoms with Gasteiger partial charge in [0, 0.05) is 16.1 Å². The first-order valence-electron chi connectivity index (χ1n) is 5.92. The van der Waals surface area contributed by atoms with Gasteiger partial charge in [0.15, 0.2) is 0 Å². The molecule has 0 spiro atoms. The highest BCUT2D eigenvalue weighted by Crippen LogP contribution is 2.23. The molecule has 0 heterocycles. The molecule has 0 fully saturated rings. The predicted octanol–water partition coefficient (Wildman–Crippen LogP) is 4.07. The van der Waals surface area contributed by atoms with E-state index in [1.54, 1.807) is 6.07 Å². The second-order valence-electron chi connectivity index (χ2n) is 4.24. The summed E-state index contributed by atoms with van der Waals surface area (Å²) < 4.78 is 51.8. The van der Waals surface area contributed by atoms with Crippen molar-refractivity contribution in [2.45, 2.75) is 4.90 Å². The van der Waals surface area contributed by atoms with Crippen LogP contribution in [0.2, 0.25) is 0 Å². The Bertz CT molecular complexity index is 885. The van der Waals surface area contributed by atoms with E-state index in [0.717, 1.165) is 18.2 Å². The lowest BCUT2D eigenvalue weighted by atomic mass is 10.2. The molecule has 2 aromatic carbocycles. The van der Waals surface area contributed by atoms with Crippen molar-refractivity contribution in [2.24, 2.45) is 0 Å². The van der Waals surface area contributed by atoms with Gasteiger partial charge in [-0.15, -0.1) is 0 Å². The number of hydrogen-bond acceptors (Lipinski definition) is 3. The number of benzene rings is 2. The van der Waals surface area contributed by atoms with Crippen molar-refractivity contribution in [3.8, 4) is 6.07 Å². The summed E-state index contributed by atoms with van der Waals surface area (Å²) in [5.41, 5.74) is -0.182. The average Bonchev–Trinajstić information content (AvgIpc) is 2.46. The van der Waals surface area contributed by atoms with E-state index in [-0.39, 0.29) is 10.5 Å². The monoisotopic (exact) mass is 383 g/mol. The van der Waals surface area contributed by atoms with Gasteiger partial charge in [0.1, 0.15) is 22.6 Å². The lowest BCUT2D eigenvalue weighted by Gasteiger charge is -2.04. The zero-order valence-corrected chi connectivity index (χ0v) is 13.3. The maximum absolute atomic E-state index is 13.6. The van der Waals surface area contributed by atoms with E-state index < -0.39 is 26.4 Å². The van der Waals surface area contributed by atoms with Gasteiger partial charge in [-0.1, -0.05) is 15.9 Å². The second kappa shape index (κ2) is 6.38. The molecule has 0 amide bonds. The van der Waals surface area contributed by atoms with Gasteiger partial charge >= 0.3 is 0 Å². The minimum atomic E-state index is -4.07. The standard InChI is InChI=1S/C15H8BrF2NO2S/c16-11-2-5-13(6-3-11)22(20,21)14(9-19)7-10-1-4-12(17)8-15(10)18/h1-8H. The number of rotatable bonds is 3. The molecule has 112 valence electrons. The third-order valence-corrected chi connectivity index (χ3v) is 4.98. The molecule has 0 saturated carbocycles. The third kappa shape index (κ3) is 3.40. The molecule has 22 heavy (non-hydrogen) atoms. The van der Waals surface area contributed by atoms with Crippen LogP contribution in [-0.4, -0.2) is 8.42 Å². The van der Waals surface area contributed by atoms with Gasteiger partial charge in [0.05, 0.1) is 4.90 Å². The molecule has 2 rings (SSSR count). The molecule has 7 heteroatoms. The summed E-state index contributed by atoms with van der Waals surface area (Å²) in [5.74, 6) is -1.73. The van der Waals surface area contributed by atoms with Crippen LogP contribution in [0.3, 0.4) is 0 Å². The van der Waals surface area contributed by atoms with E-state index >= 15 is 0 Å². The van der Waals surface area contributed by atoms with Crippen LogP contribution in [0.5, 0.6) is 0 Å². The topological polar surface area (TPSA) is 57.9 Å². The van der Waals surface area contributed by atoms with E-state index in [0.29, 0.717) is 10.5 Å². The van der Waals surface area contributed by atoms with Crippen molar-refractivity contribution in [1.29, 1.82) is 5.26 Å². The summed E-state index contributed by atoms with van der Waals surface area (Å²) in [4.78, 5) is -0.716. The highest BCUT2D eigenvalue weighted by molar-refractivity contribution is 9.10. The van der Waals surface area contributed by atoms with Crippen molar-refractivity contribution >= 4 is 31.8 Å². The van der Waals surface area contributed by atoms with Gasteiger partial charge in [-0.2, -0.15) is 5.26 Å². The Morgan fingerprint density at radius 3 is 2.32 bits per heavy atom. The molecule has 0 aliphatic carbocycles. The van der Waals surface area contributed by atoms with Crippen molar-refractivity contribution in [2.75, 3.05) is 0 Å². The van der Waals surface area contributed by atoms with Gasteiger partial charge in [0.2, 0.25) is 9.84 Å². The minimum Gasteiger partial charge on any atom is -0.218 e. The van der Waals surface area contributed by atoms with Crippen LogP contribution in [0.15, 0.2) is 56.7 Å². The molecule has 0 bridgehead atoms. The third-order valence-electron chi connectivity index (χ3n) is 2.77. The summed E-state index contributed by atoms with van der Waals surface area (Å²) in [6, 6.07) is 9.89. The molecular formula is C15H8BrF2NO2S. The molecule has 0 N–H and O–H groups in total. The van der Waals surface area contributed by atoms with Crippen LogP contribution in [-0.2, 0) is 9.84 Å². The number of sulfone groups is 1. The summed E-state index contributed by atoms with van der Waals surface area (Å²) in [7, 11) is -4.07. The van der Waals surface area contributed by atoms with Crippen LogP contribution in [0.4, 0.5) is 8.78 Å². The summed E-state index contributed by atoms with van der Waals surface area (Å²) in [6.45, 7) is 0. The number of hydrogen-bond donors (Lipinski definition) is 0. The van der Waals surface area contributed by atoms with Crippen LogP contribution in [0.1, 0.15) is 5.56 Å². The number of nitrogens with zero attached hydrogens (tertiary/aromatic N) is 1. The molecule has 0 unspecified atom stereocenters. The smallest absolute Gasteiger partial charge is 0.216 e. The predicted molar refractivity (Wildman–Crippen MR) is 81.3 cm³/mol. The van der Waals surface area contributed by atoms with Crippen LogP contribution >= 0.6 is 15.9 Å². The average molecular weight is 384 g/mol. The van der Waals surface area contributed by atoms with Gasteiger partial charge in [-0.05, 0) is 42.5 Å². The maximum Gasteiger partial charge on any atom is 0.216 e. The lowest BCUT2D eigenvalue weighted by Crippen LogP contribution is -2.03. The fourth-order valence-corrected chi connectivity index (χ4v) is 3.09. The largest absolute Gasteiger partial charge is 0.218 e. The Labute approximate surface area is 134 Å². The molecule has 0 atom stereocenters. The Morgan fingerprint density at radius 2 is 1.77 bits per heavy atom. The number of allylic oxidation sites excluding steroid dienone is 1. The Kier molecular flexibility index (Phi) is 4.74. The number of nitriles is 1. The molecule has 0 saturated heterocycles. The van der Waals surface area contributed by atoms with E-state index in [2.05, 4.69) is 15.9 Å². The van der Waals surface area contributed by atoms with Crippen LogP contribution < -0.4 is 0 Å². The molecule has 0 aromatic heterocycles. The molecule has 0 radical (unpaired) electrons. The normalized spacial score (nSPS) is 12.0. The maximum atomic E-state index is 13.6. The van der Waals surface area contributed by atoms with Gasteiger partial charge in [0.25, 0.3) is 0 Å².